The summed E-state index contributed by atoms with van der Waals surface area (Å²) in [5.41, 5.74) is 0.486. The van der Waals surface area contributed by atoms with Gasteiger partial charge in [-0.3, -0.25) is 9.69 Å². The van der Waals surface area contributed by atoms with E-state index in [9.17, 15) is 9.59 Å². The minimum Gasteiger partial charge on any atom is -0.330 e. The van der Waals surface area contributed by atoms with Crippen LogP contribution >= 0.6 is 0 Å². The third kappa shape index (κ3) is 2.74. The molecule has 0 atom stereocenters. The number of hydrogen-bond acceptors (Lipinski definition) is 3. The quantitative estimate of drug-likeness (QED) is 0.638. The maximum Gasteiger partial charge on any atom is 0.323 e. The zero-order valence-electron chi connectivity index (χ0n) is 11.8. The second-order valence-electron chi connectivity index (χ2n) is 4.80. The Kier molecular flexibility index (Phi) is 4.55. The normalized spacial score (nSPS) is 14.8. The number of nitrogens with zero attached hydrogens (tertiary/aromatic N) is 3. The Morgan fingerprint density at radius 3 is 2.95 bits per heavy atom. The van der Waals surface area contributed by atoms with Crippen LogP contribution in [-0.2, 0) is 6.54 Å². The van der Waals surface area contributed by atoms with Gasteiger partial charge in [0.25, 0.3) is 0 Å². The number of ketones is 1. The highest BCUT2D eigenvalue weighted by Gasteiger charge is 2.30. The molecule has 0 aromatic carbocycles. The van der Waals surface area contributed by atoms with Crippen molar-refractivity contribution in [3.63, 3.8) is 0 Å². The number of rotatable bonds is 6. The Balaban J connectivity index is 2.32. The number of carbonyl (C=O) groups is 2. The van der Waals surface area contributed by atoms with Crippen molar-refractivity contribution in [3.8, 4) is 0 Å². The largest absolute Gasteiger partial charge is 0.330 e. The summed E-state index contributed by atoms with van der Waals surface area (Å²) in [5, 5.41) is 2.63. The van der Waals surface area contributed by atoms with Crippen LogP contribution in [0.5, 0.6) is 0 Å². The first kappa shape index (κ1) is 14.3. The molecule has 6 heteroatoms. The molecule has 20 heavy (non-hydrogen) atoms. The van der Waals surface area contributed by atoms with Gasteiger partial charge in [-0.2, -0.15) is 0 Å². The minimum absolute atomic E-state index is 0.0128. The fourth-order valence-corrected chi connectivity index (χ4v) is 2.29. The van der Waals surface area contributed by atoms with Gasteiger partial charge in [-0.25, -0.2) is 9.78 Å². The molecule has 0 saturated carbocycles. The van der Waals surface area contributed by atoms with Gasteiger partial charge in [-0.15, -0.1) is 6.58 Å². The summed E-state index contributed by atoms with van der Waals surface area (Å²) in [7, 11) is 0. The number of fused-ring (bicyclic) bond motifs is 1. The Bertz CT molecular complexity index is 521. The van der Waals surface area contributed by atoms with Crippen molar-refractivity contribution in [2.75, 3.05) is 18.0 Å². The van der Waals surface area contributed by atoms with E-state index >= 15 is 0 Å². The van der Waals surface area contributed by atoms with Crippen molar-refractivity contribution in [3.05, 3.63) is 24.7 Å². The summed E-state index contributed by atoms with van der Waals surface area (Å²) in [6.07, 6.45) is 6.31. The van der Waals surface area contributed by atoms with Gasteiger partial charge in [-0.05, 0) is 6.42 Å². The van der Waals surface area contributed by atoms with E-state index < -0.39 is 0 Å². The van der Waals surface area contributed by atoms with Crippen LogP contribution in [0.15, 0.2) is 19.0 Å². The van der Waals surface area contributed by atoms with E-state index in [2.05, 4.69) is 23.8 Å². The maximum atomic E-state index is 12.1. The fraction of sp³-hybridized carbons (Fsp3) is 0.500. The number of nitrogens with one attached hydrogen (secondary N) is 1. The molecular weight excluding hydrogens is 256 g/mol. The number of imidazole rings is 1. The number of anilines is 1. The van der Waals surface area contributed by atoms with Crippen LogP contribution in [0.4, 0.5) is 10.6 Å². The lowest BCUT2D eigenvalue weighted by molar-refractivity contribution is 0.0987. The van der Waals surface area contributed by atoms with E-state index in [1.165, 1.54) is 0 Å². The molecule has 0 unspecified atom stereocenters. The lowest BCUT2D eigenvalue weighted by atomic mass is 10.2. The summed E-state index contributed by atoms with van der Waals surface area (Å²) in [6.45, 7) is 6.87. The van der Waals surface area contributed by atoms with Crippen LogP contribution in [0.1, 0.15) is 36.7 Å². The van der Waals surface area contributed by atoms with Crippen LogP contribution in [0.2, 0.25) is 0 Å². The van der Waals surface area contributed by atoms with Crippen LogP contribution in [0.3, 0.4) is 0 Å². The van der Waals surface area contributed by atoms with Crippen LogP contribution in [0, 0.1) is 0 Å². The van der Waals surface area contributed by atoms with E-state index in [0.717, 1.165) is 19.3 Å². The third-order valence-electron chi connectivity index (χ3n) is 3.29. The van der Waals surface area contributed by atoms with E-state index in [1.807, 2.05) is 0 Å². The second-order valence-corrected chi connectivity index (χ2v) is 4.80. The van der Waals surface area contributed by atoms with Crippen molar-refractivity contribution >= 4 is 17.6 Å². The van der Waals surface area contributed by atoms with Crippen molar-refractivity contribution in [2.45, 2.75) is 32.7 Å². The molecule has 0 spiro atoms. The molecular formula is C14H20N4O2. The molecule has 0 fully saturated rings. The first-order valence-electron chi connectivity index (χ1n) is 6.93. The Hall–Kier alpha value is -2.11. The second kappa shape index (κ2) is 6.36. The molecule has 1 aliphatic heterocycles. The number of allylic oxidation sites excluding steroid dienone is 1. The standard InChI is InChI=1S/C14H20N4O2/c1-3-5-6-8-18-13-12(11(19)9-15-14(18)20)17(7-4-2)10-16-13/h4,10H,2-3,5-9H2,1H3,(H,15,20). The Morgan fingerprint density at radius 1 is 1.45 bits per heavy atom. The van der Waals surface area contributed by atoms with Crippen molar-refractivity contribution in [1.82, 2.24) is 14.9 Å². The summed E-state index contributed by atoms with van der Waals surface area (Å²) in [6, 6.07) is -0.253. The lowest BCUT2D eigenvalue weighted by Crippen LogP contribution is -2.40. The summed E-state index contributed by atoms with van der Waals surface area (Å²) < 4.78 is 1.73. The number of urea groups is 1. The Morgan fingerprint density at radius 2 is 2.25 bits per heavy atom. The molecule has 1 N–H and O–H groups in total. The highest BCUT2D eigenvalue weighted by atomic mass is 16.2. The maximum absolute atomic E-state index is 12.1. The molecule has 2 amide bonds. The van der Waals surface area contributed by atoms with Gasteiger partial charge in [0.15, 0.2) is 5.82 Å². The summed E-state index contributed by atoms with van der Waals surface area (Å²) in [5.74, 6) is 0.341. The fourth-order valence-electron chi connectivity index (χ4n) is 2.29. The smallest absolute Gasteiger partial charge is 0.323 e. The molecule has 0 bridgehead atoms. The number of amides is 2. The summed E-state index contributed by atoms with van der Waals surface area (Å²) in [4.78, 5) is 30.0. The minimum atomic E-state index is -0.253. The monoisotopic (exact) mass is 276 g/mol. The summed E-state index contributed by atoms with van der Waals surface area (Å²) >= 11 is 0. The first-order chi connectivity index (χ1) is 9.69. The number of Topliss-reactive ketones (excluding diaryl/α,β-unsaturated/α-hetero) is 1. The van der Waals surface area contributed by atoms with Gasteiger partial charge < -0.3 is 9.88 Å². The topological polar surface area (TPSA) is 67.2 Å². The number of aromatic nitrogens is 2. The van der Waals surface area contributed by atoms with Crippen LogP contribution in [-0.4, -0.2) is 34.5 Å². The highest BCUT2D eigenvalue weighted by molar-refractivity contribution is 6.08. The zero-order valence-corrected chi connectivity index (χ0v) is 11.8. The van der Waals surface area contributed by atoms with Gasteiger partial charge in [0.05, 0.1) is 12.9 Å². The van der Waals surface area contributed by atoms with Gasteiger partial charge in [0.2, 0.25) is 5.78 Å². The van der Waals surface area contributed by atoms with E-state index in [4.69, 9.17) is 0 Å². The van der Waals surface area contributed by atoms with Crippen molar-refractivity contribution in [1.29, 1.82) is 0 Å². The molecule has 2 rings (SSSR count). The Labute approximate surface area is 118 Å². The van der Waals surface area contributed by atoms with Gasteiger partial charge >= 0.3 is 6.03 Å². The van der Waals surface area contributed by atoms with Crippen molar-refractivity contribution < 1.29 is 9.59 Å². The number of hydrogen-bond donors (Lipinski definition) is 1. The average molecular weight is 276 g/mol. The average Bonchev–Trinajstić information content (AvgIpc) is 2.80. The SMILES string of the molecule is C=CCn1cnc2c1C(=O)CNC(=O)N2CCCCC. The predicted molar refractivity (Wildman–Crippen MR) is 77.0 cm³/mol. The molecule has 108 valence electrons. The third-order valence-corrected chi connectivity index (χ3v) is 3.29. The molecule has 2 heterocycles. The molecule has 6 nitrogen and oxygen atoms in total. The first-order valence-corrected chi connectivity index (χ1v) is 6.93. The van der Waals surface area contributed by atoms with E-state index in [0.29, 0.717) is 24.6 Å². The molecule has 0 saturated heterocycles. The number of unbranched alkanes of at least 4 members (excludes halogenated alkanes) is 2. The molecule has 0 radical (unpaired) electrons. The van der Waals surface area contributed by atoms with Crippen LogP contribution in [0.25, 0.3) is 0 Å². The van der Waals surface area contributed by atoms with Gasteiger partial charge in [0, 0.05) is 13.1 Å². The lowest BCUT2D eigenvalue weighted by Gasteiger charge is -2.19. The van der Waals surface area contributed by atoms with Gasteiger partial charge in [-0.1, -0.05) is 25.8 Å². The number of carbonyl (C=O) groups excluding carboxylic acids is 2. The van der Waals surface area contributed by atoms with Gasteiger partial charge in [0.1, 0.15) is 5.69 Å². The predicted octanol–water partition coefficient (Wildman–Crippen LogP) is 1.97. The van der Waals surface area contributed by atoms with Crippen molar-refractivity contribution in [2.24, 2.45) is 0 Å². The molecule has 1 aliphatic rings. The molecule has 0 aliphatic carbocycles. The van der Waals surface area contributed by atoms with E-state index in [-0.39, 0.29) is 18.4 Å². The zero-order chi connectivity index (χ0) is 14.5. The molecule has 1 aromatic heterocycles. The highest BCUT2D eigenvalue weighted by Crippen LogP contribution is 2.22. The van der Waals surface area contributed by atoms with Crippen LogP contribution < -0.4 is 10.2 Å². The molecule has 1 aromatic rings. The van der Waals surface area contributed by atoms with E-state index in [1.54, 1.807) is 21.9 Å².